The van der Waals surface area contributed by atoms with Crippen molar-refractivity contribution >= 4 is 23.6 Å². The highest BCUT2D eigenvalue weighted by molar-refractivity contribution is 7.99. The fraction of sp³-hybridized carbons (Fsp3) is 0.786. The second-order valence-corrected chi connectivity index (χ2v) is 7.29. The molecule has 9 heteroatoms. The van der Waals surface area contributed by atoms with Crippen LogP contribution in [0.4, 0.5) is 0 Å². The van der Waals surface area contributed by atoms with Crippen LogP contribution in [0.3, 0.4) is 0 Å². The lowest BCUT2D eigenvalue weighted by atomic mass is 9.85. The lowest BCUT2D eigenvalue weighted by Gasteiger charge is -2.34. The van der Waals surface area contributed by atoms with Crippen molar-refractivity contribution in [2.75, 3.05) is 24.6 Å². The van der Waals surface area contributed by atoms with Crippen LogP contribution in [-0.2, 0) is 16.1 Å². The molecular weight excluding hydrogens is 316 g/mol. The molecule has 2 heterocycles. The first-order chi connectivity index (χ1) is 11.2. The first kappa shape index (κ1) is 16.2. The Labute approximate surface area is 139 Å². The molecule has 1 aromatic rings. The predicted molar refractivity (Wildman–Crippen MR) is 85.6 cm³/mol. The number of thioether (sulfide) groups is 1. The Bertz CT molecular complexity index is 523. The highest BCUT2D eigenvalue weighted by Gasteiger charge is 2.30. The molecule has 2 amide bonds. The third kappa shape index (κ3) is 4.43. The van der Waals surface area contributed by atoms with E-state index < -0.39 is 0 Å². The molecule has 2 fully saturated rings. The summed E-state index contributed by atoms with van der Waals surface area (Å²) in [6.45, 7) is 1.90. The highest BCUT2D eigenvalue weighted by Crippen LogP contribution is 2.27. The Morgan fingerprint density at radius 3 is 2.57 bits per heavy atom. The third-order valence-electron chi connectivity index (χ3n) is 4.46. The summed E-state index contributed by atoms with van der Waals surface area (Å²) >= 11 is 1.91. The first-order valence-corrected chi connectivity index (χ1v) is 9.24. The van der Waals surface area contributed by atoms with Gasteiger partial charge in [-0.15, -0.1) is 5.10 Å². The Morgan fingerprint density at radius 2 is 1.91 bits per heavy atom. The van der Waals surface area contributed by atoms with E-state index in [4.69, 9.17) is 0 Å². The number of aromatic nitrogens is 4. The van der Waals surface area contributed by atoms with Gasteiger partial charge in [-0.2, -0.15) is 11.8 Å². The molecule has 1 aliphatic carbocycles. The van der Waals surface area contributed by atoms with Gasteiger partial charge in [-0.1, -0.05) is 0 Å². The average Bonchev–Trinajstić information content (AvgIpc) is 3.08. The first-order valence-electron chi connectivity index (χ1n) is 8.09. The van der Waals surface area contributed by atoms with Gasteiger partial charge in [0.25, 0.3) is 0 Å². The monoisotopic (exact) mass is 338 g/mol. The SMILES string of the molecule is O=C(Cn1cnnn1)NC1CCC(C(=O)N2CCSCC2)CC1. The number of nitrogens with one attached hydrogen (secondary N) is 1. The smallest absolute Gasteiger partial charge is 0.242 e. The fourth-order valence-corrected chi connectivity index (χ4v) is 4.10. The Balaban J connectivity index is 1.41. The maximum atomic E-state index is 12.5. The van der Waals surface area contributed by atoms with Gasteiger partial charge in [0.15, 0.2) is 0 Å². The van der Waals surface area contributed by atoms with Gasteiger partial charge in [-0.25, -0.2) is 4.68 Å². The van der Waals surface area contributed by atoms with Crippen LogP contribution in [0.15, 0.2) is 6.33 Å². The molecule has 1 saturated carbocycles. The van der Waals surface area contributed by atoms with Crippen molar-refractivity contribution in [3.8, 4) is 0 Å². The predicted octanol–water partition coefficient (Wildman–Crippen LogP) is -0.0765. The number of tetrazole rings is 1. The zero-order valence-electron chi connectivity index (χ0n) is 13.1. The zero-order valence-corrected chi connectivity index (χ0v) is 13.9. The lowest BCUT2D eigenvalue weighted by Crippen LogP contribution is -2.45. The minimum absolute atomic E-state index is 0.0832. The van der Waals surface area contributed by atoms with Crippen LogP contribution >= 0.6 is 11.8 Å². The largest absolute Gasteiger partial charge is 0.352 e. The van der Waals surface area contributed by atoms with Crippen LogP contribution < -0.4 is 5.32 Å². The van der Waals surface area contributed by atoms with Crippen LogP contribution in [0.1, 0.15) is 25.7 Å². The number of hydrogen-bond donors (Lipinski definition) is 1. The second-order valence-electron chi connectivity index (χ2n) is 6.06. The number of rotatable bonds is 4. The van der Waals surface area contributed by atoms with Crippen LogP contribution in [0.5, 0.6) is 0 Å². The molecule has 0 atom stereocenters. The zero-order chi connectivity index (χ0) is 16.1. The van der Waals surface area contributed by atoms with E-state index in [-0.39, 0.29) is 24.4 Å². The minimum atomic E-state index is -0.0832. The standard InChI is InChI=1S/C14H22N6O2S/c21-13(9-20-10-15-17-18-20)16-12-3-1-11(2-4-12)14(22)19-5-7-23-8-6-19/h10-12H,1-9H2,(H,16,21). The van der Waals surface area contributed by atoms with E-state index in [9.17, 15) is 9.59 Å². The van der Waals surface area contributed by atoms with Gasteiger partial charge in [0.2, 0.25) is 11.8 Å². The van der Waals surface area contributed by atoms with Crippen LogP contribution in [0.2, 0.25) is 0 Å². The molecule has 23 heavy (non-hydrogen) atoms. The maximum absolute atomic E-state index is 12.5. The summed E-state index contributed by atoms with van der Waals surface area (Å²) in [6.07, 6.45) is 4.86. The molecule has 0 spiro atoms. The van der Waals surface area contributed by atoms with Crippen LogP contribution in [0.25, 0.3) is 0 Å². The maximum Gasteiger partial charge on any atom is 0.242 e. The fourth-order valence-electron chi connectivity index (χ4n) is 3.20. The molecule has 1 saturated heterocycles. The molecule has 1 aromatic heterocycles. The average molecular weight is 338 g/mol. The van der Waals surface area contributed by atoms with Crippen molar-refractivity contribution in [1.29, 1.82) is 0 Å². The van der Waals surface area contributed by atoms with Gasteiger partial charge in [0, 0.05) is 36.6 Å². The second kappa shape index (κ2) is 7.76. The number of carbonyl (C=O) groups is 2. The minimum Gasteiger partial charge on any atom is -0.352 e. The van der Waals surface area contributed by atoms with Crippen molar-refractivity contribution in [1.82, 2.24) is 30.4 Å². The molecule has 0 unspecified atom stereocenters. The Hall–Kier alpha value is -1.64. The molecule has 126 valence electrons. The Kier molecular flexibility index (Phi) is 5.47. The van der Waals surface area contributed by atoms with Gasteiger partial charge in [0.05, 0.1) is 0 Å². The van der Waals surface area contributed by atoms with E-state index in [1.54, 1.807) is 0 Å². The quantitative estimate of drug-likeness (QED) is 0.826. The molecule has 0 bridgehead atoms. The normalized spacial score (nSPS) is 25.1. The molecule has 8 nitrogen and oxygen atoms in total. The van der Waals surface area contributed by atoms with Crippen LogP contribution in [-0.4, -0.2) is 67.6 Å². The molecule has 2 aliphatic rings. The molecule has 1 aliphatic heterocycles. The van der Waals surface area contributed by atoms with Gasteiger partial charge < -0.3 is 10.2 Å². The third-order valence-corrected chi connectivity index (χ3v) is 5.40. The Morgan fingerprint density at radius 1 is 1.17 bits per heavy atom. The van der Waals surface area contributed by atoms with Gasteiger partial charge in [-0.3, -0.25) is 9.59 Å². The summed E-state index contributed by atoms with van der Waals surface area (Å²) < 4.78 is 1.40. The molecule has 1 N–H and O–H groups in total. The number of hydrogen-bond acceptors (Lipinski definition) is 6. The lowest BCUT2D eigenvalue weighted by molar-refractivity contribution is -0.136. The molecule has 0 aromatic carbocycles. The molecule has 0 radical (unpaired) electrons. The molecule has 3 rings (SSSR count). The van der Waals surface area contributed by atoms with E-state index in [0.29, 0.717) is 5.91 Å². The van der Waals surface area contributed by atoms with E-state index in [0.717, 1.165) is 50.3 Å². The van der Waals surface area contributed by atoms with Gasteiger partial charge >= 0.3 is 0 Å². The topological polar surface area (TPSA) is 93.0 Å². The van der Waals surface area contributed by atoms with Crippen molar-refractivity contribution in [3.05, 3.63) is 6.33 Å². The number of nitrogens with zero attached hydrogens (tertiary/aromatic N) is 5. The van der Waals surface area contributed by atoms with Crippen molar-refractivity contribution in [2.24, 2.45) is 5.92 Å². The molecular formula is C14H22N6O2S. The van der Waals surface area contributed by atoms with E-state index >= 15 is 0 Å². The van der Waals surface area contributed by atoms with Crippen molar-refractivity contribution < 1.29 is 9.59 Å². The number of carbonyl (C=O) groups excluding carboxylic acids is 2. The summed E-state index contributed by atoms with van der Waals surface area (Å²) in [5.74, 6) is 2.46. The summed E-state index contributed by atoms with van der Waals surface area (Å²) in [5.41, 5.74) is 0. The van der Waals surface area contributed by atoms with Crippen molar-refractivity contribution in [2.45, 2.75) is 38.3 Å². The van der Waals surface area contributed by atoms with E-state index in [2.05, 4.69) is 20.8 Å². The summed E-state index contributed by atoms with van der Waals surface area (Å²) in [5, 5.41) is 13.7. The van der Waals surface area contributed by atoms with Gasteiger partial charge in [0.1, 0.15) is 12.9 Å². The van der Waals surface area contributed by atoms with Gasteiger partial charge in [-0.05, 0) is 36.1 Å². The van der Waals surface area contributed by atoms with Crippen LogP contribution in [0, 0.1) is 5.92 Å². The summed E-state index contributed by atoms with van der Waals surface area (Å²) in [4.78, 5) is 26.4. The summed E-state index contributed by atoms with van der Waals surface area (Å²) in [6, 6.07) is 0.153. The summed E-state index contributed by atoms with van der Waals surface area (Å²) in [7, 11) is 0. The highest BCUT2D eigenvalue weighted by atomic mass is 32.2. The van der Waals surface area contributed by atoms with E-state index in [1.165, 1.54) is 11.0 Å². The number of amides is 2. The van der Waals surface area contributed by atoms with Crippen molar-refractivity contribution in [3.63, 3.8) is 0 Å². The van der Waals surface area contributed by atoms with E-state index in [1.807, 2.05) is 16.7 Å².